The van der Waals surface area contributed by atoms with E-state index in [0.29, 0.717) is 12.8 Å². The zero-order chi connectivity index (χ0) is 16.5. The molecule has 0 aliphatic carbocycles. The highest BCUT2D eigenvalue weighted by Crippen LogP contribution is 2.35. The first-order valence-corrected chi connectivity index (χ1v) is 7.01. The summed E-state index contributed by atoms with van der Waals surface area (Å²) in [6.45, 7) is 2.18. The maximum Gasteiger partial charge on any atom is 0.417 e. The lowest BCUT2D eigenvalue weighted by molar-refractivity contribution is -0.137. The van der Waals surface area contributed by atoms with Gasteiger partial charge in [0.25, 0.3) is 0 Å². The summed E-state index contributed by atoms with van der Waals surface area (Å²) in [6.07, 6.45) is -3.78. The number of nitrogens with zero attached hydrogens (tertiary/aromatic N) is 2. The number of primary amides is 1. The lowest BCUT2D eigenvalue weighted by Gasteiger charge is -2.38. The predicted octanol–water partition coefficient (Wildman–Crippen LogP) is 3.21. The van der Waals surface area contributed by atoms with E-state index in [1.54, 1.807) is 4.90 Å². The molecule has 2 atom stereocenters. The molecular weight excluding hydrogens is 323 g/mol. The standard InChI is InChI=1S/C13H15ClF3N3O2/c1-7-2-3-9(22-12(18)21)6-20(7)11-10(14)4-8(5-19-11)13(15,16)17/h4-5,7,9H,2-3,6H2,1H3,(H2,18,21). The molecule has 2 N–H and O–H groups in total. The van der Waals surface area contributed by atoms with E-state index in [0.717, 1.165) is 12.3 Å². The number of ether oxygens (including phenoxy) is 1. The third kappa shape index (κ3) is 3.73. The van der Waals surface area contributed by atoms with Crippen molar-refractivity contribution in [3.63, 3.8) is 0 Å². The molecule has 1 aliphatic heterocycles. The number of anilines is 1. The van der Waals surface area contributed by atoms with Gasteiger partial charge in [-0.3, -0.25) is 0 Å². The first-order chi connectivity index (χ1) is 10.2. The number of aromatic nitrogens is 1. The average Bonchev–Trinajstić information content (AvgIpc) is 2.39. The Bertz CT molecular complexity index is 568. The van der Waals surface area contributed by atoms with E-state index >= 15 is 0 Å². The molecule has 22 heavy (non-hydrogen) atoms. The Hall–Kier alpha value is -1.70. The van der Waals surface area contributed by atoms with Crippen molar-refractivity contribution in [2.75, 3.05) is 11.4 Å². The smallest absolute Gasteiger partial charge is 0.417 e. The van der Waals surface area contributed by atoms with E-state index in [1.165, 1.54) is 0 Å². The van der Waals surface area contributed by atoms with E-state index in [9.17, 15) is 18.0 Å². The highest BCUT2D eigenvalue weighted by atomic mass is 35.5. The molecule has 5 nitrogen and oxygen atoms in total. The van der Waals surface area contributed by atoms with Gasteiger partial charge in [-0.15, -0.1) is 0 Å². The van der Waals surface area contributed by atoms with E-state index in [4.69, 9.17) is 22.1 Å². The van der Waals surface area contributed by atoms with Crippen LogP contribution in [0.5, 0.6) is 0 Å². The maximum atomic E-state index is 12.6. The number of carbonyl (C=O) groups excluding carboxylic acids is 1. The van der Waals surface area contributed by atoms with Crippen LogP contribution in [0.1, 0.15) is 25.3 Å². The van der Waals surface area contributed by atoms with Crippen LogP contribution in [-0.4, -0.2) is 29.8 Å². The number of rotatable bonds is 2. The van der Waals surface area contributed by atoms with Crippen molar-refractivity contribution in [1.82, 2.24) is 4.98 Å². The minimum absolute atomic E-state index is 0.00876. The number of hydrogen-bond acceptors (Lipinski definition) is 4. The quantitative estimate of drug-likeness (QED) is 0.899. The number of amides is 1. The van der Waals surface area contributed by atoms with Gasteiger partial charge < -0.3 is 15.4 Å². The molecule has 0 spiro atoms. The van der Waals surface area contributed by atoms with Crippen molar-refractivity contribution in [3.8, 4) is 0 Å². The molecule has 1 fully saturated rings. The third-order valence-electron chi connectivity index (χ3n) is 3.54. The molecule has 0 radical (unpaired) electrons. The Balaban J connectivity index is 2.23. The molecule has 9 heteroatoms. The van der Waals surface area contributed by atoms with Gasteiger partial charge in [0.15, 0.2) is 0 Å². The van der Waals surface area contributed by atoms with Gasteiger partial charge in [-0.25, -0.2) is 9.78 Å². The van der Waals surface area contributed by atoms with Gasteiger partial charge in [-0.05, 0) is 25.8 Å². The van der Waals surface area contributed by atoms with Crippen LogP contribution in [0.2, 0.25) is 5.02 Å². The summed E-state index contributed by atoms with van der Waals surface area (Å²) in [5, 5.41) is -0.0959. The number of alkyl halides is 3. The van der Waals surface area contributed by atoms with Crippen molar-refractivity contribution >= 4 is 23.5 Å². The van der Waals surface area contributed by atoms with Gasteiger partial charge >= 0.3 is 12.3 Å². The first-order valence-electron chi connectivity index (χ1n) is 6.64. The van der Waals surface area contributed by atoms with Crippen molar-refractivity contribution in [2.45, 2.75) is 38.1 Å². The number of hydrogen-bond donors (Lipinski definition) is 1. The lowest BCUT2D eigenvalue weighted by atomic mass is 10.0. The molecule has 1 aromatic heterocycles. The van der Waals surface area contributed by atoms with Crippen LogP contribution in [0, 0.1) is 0 Å². The largest absolute Gasteiger partial charge is 0.445 e. The van der Waals surface area contributed by atoms with E-state index < -0.39 is 23.9 Å². The van der Waals surface area contributed by atoms with Gasteiger partial charge in [-0.2, -0.15) is 13.2 Å². The summed E-state index contributed by atoms with van der Waals surface area (Å²) in [4.78, 5) is 16.4. The fourth-order valence-electron chi connectivity index (χ4n) is 2.43. The summed E-state index contributed by atoms with van der Waals surface area (Å²) < 4.78 is 42.9. The molecule has 1 aromatic rings. The van der Waals surface area contributed by atoms with Crippen molar-refractivity contribution < 1.29 is 22.7 Å². The minimum atomic E-state index is -4.50. The molecule has 1 saturated heterocycles. The number of nitrogens with two attached hydrogens (primary N) is 1. The maximum absolute atomic E-state index is 12.6. The Labute approximate surface area is 130 Å². The number of pyridine rings is 1. The number of halogens is 4. The predicted molar refractivity (Wildman–Crippen MR) is 74.7 cm³/mol. The van der Waals surface area contributed by atoms with Gasteiger partial charge in [0, 0.05) is 12.2 Å². The second kappa shape index (κ2) is 6.20. The van der Waals surface area contributed by atoms with Gasteiger partial charge in [0.1, 0.15) is 11.9 Å². The summed E-state index contributed by atoms with van der Waals surface area (Å²) in [5.41, 5.74) is 4.09. The molecule has 0 aromatic carbocycles. The summed E-state index contributed by atoms with van der Waals surface area (Å²) in [6, 6.07) is 0.851. The van der Waals surface area contributed by atoms with Gasteiger partial charge in [-0.1, -0.05) is 11.6 Å². The summed E-state index contributed by atoms with van der Waals surface area (Å²) in [7, 11) is 0. The molecule has 0 saturated carbocycles. The highest BCUT2D eigenvalue weighted by molar-refractivity contribution is 6.33. The Morgan fingerprint density at radius 2 is 2.18 bits per heavy atom. The van der Waals surface area contributed by atoms with Crippen LogP contribution in [0.3, 0.4) is 0 Å². The molecule has 2 heterocycles. The molecule has 2 unspecified atom stereocenters. The monoisotopic (exact) mass is 337 g/mol. The van der Waals surface area contributed by atoms with Gasteiger partial charge in [0.05, 0.1) is 17.1 Å². The van der Waals surface area contributed by atoms with Crippen LogP contribution in [0.25, 0.3) is 0 Å². The Kier molecular flexibility index (Phi) is 4.69. The van der Waals surface area contributed by atoms with Gasteiger partial charge in [0.2, 0.25) is 0 Å². The zero-order valence-corrected chi connectivity index (χ0v) is 12.5. The van der Waals surface area contributed by atoms with Crippen LogP contribution < -0.4 is 10.6 Å². The summed E-state index contributed by atoms with van der Waals surface area (Å²) in [5.74, 6) is 0.236. The normalized spacial score (nSPS) is 22.5. The highest BCUT2D eigenvalue weighted by Gasteiger charge is 2.34. The zero-order valence-electron chi connectivity index (χ0n) is 11.7. The number of piperidine rings is 1. The minimum Gasteiger partial charge on any atom is -0.445 e. The molecule has 2 rings (SSSR count). The number of carbonyl (C=O) groups is 1. The first kappa shape index (κ1) is 16.7. The van der Waals surface area contributed by atoms with Crippen molar-refractivity contribution in [1.29, 1.82) is 0 Å². The van der Waals surface area contributed by atoms with E-state index in [2.05, 4.69) is 4.98 Å². The fourth-order valence-corrected chi connectivity index (χ4v) is 2.70. The van der Waals surface area contributed by atoms with Crippen LogP contribution in [-0.2, 0) is 10.9 Å². The fraction of sp³-hybridized carbons (Fsp3) is 0.538. The SMILES string of the molecule is CC1CCC(OC(N)=O)CN1c1ncc(C(F)(F)F)cc1Cl. The second-order valence-electron chi connectivity index (χ2n) is 5.16. The Morgan fingerprint density at radius 3 is 2.73 bits per heavy atom. The average molecular weight is 338 g/mol. The van der Waals surface area contributed by atoms with Crippen molar-refractivity contribution in [2.24, 2.45) is 5.73 Å². The molecular formula is C13H15ClF3N3O2. The second-order valence-corrected chi connectivity index (χ2v) is 5.57. The molecule has 1 aliphatic rings. The van der Waals surface area contributed by atoms with Crippen LogP contribution in [0.15, 0.2) is 12.3 Å². The van der Waals surface area contributed by atoms with E-state index in [-0.39, 0.29) is 23.4 Å². The summed E-state index contributed by atoms with van der Waals surface area (Å²) >= 11 is 5.95. The molecule has 0 bridgehead atoms. The van der Waals surface area contributed by atoms with Crippen molar-refractivity contribution in [3.05, 3.63) is 22.8 Å². The lowest BCUT2D eigenvalue weighted by Crippen LogP contribution is -2.46. The Morgan fingerprint density at radius 1 is 1.50 bits per heavy atom. The van der Waals surface area contributed by atoms with E-state index in [1.807, 2.05) is 6.92 Å². The molecule has 1 amide bonds. The third-order valence-corrected chi connectivity index (χ3v) is 3.82. The molecule has 122 valence electrons. The van der Waals surface area contributed by atoms with Crippen LogP contribution >= 0.6 is 11.6 Å². The topological polar surface area (TPSA) is 68.5 Å². The van der Waals surface area contributed by atoms with Crippen LogP contribution in [0.4, 0.5) is 23.8 Å².